The van der Waals surface area contributed by atoms with E-state index in [-0.39, 0.29) is 0 Å². The van der Waals surface area contributed by atoms with E-state index in [1.165, 1.54) is 44.9 Å². The van der Waals surface area contributed by atoms with Crippen LogP contribution in [0.1, 0.15) is 92.4 Å². The van der Waals surface area contributed by atoms with E-state index < -0.39 is 0 Å². The largest absolute Gasteiger partial charge is 0.0625 e. The molecule has 0 aromatic heterocycles. The van der Waals surface area contributed by atoms with Crippen molar-refractivity contribution < 1.29 is 0 Å². The standard InChI is InChI=1S/C23H42/c1-15-6-9-20(10-7-15)22-13-18(4)23(19(5)14-22)21-11-8-16(2)17(3)12-21/h15-23H,6-14H2,1-5H3. The zero-order chi connectivity index (χ0) is 16.6. The summed E-state index contributed by atoms with van der Waals surface area (Å²) in [5.74, 6) is 9.10. The smallest absolute Gasteiger partial charge is 0.0334 e. The summed E-state index contributed by atoms with van der Waals surface area (Å²) in [6, 6.07) is 0. The molecule has 0 radical (unpaired) electrons. The molecule has 134 valence electrons. The van der Waals surface area contributed by atoms with Crippen molar-refractivity contribution in [2.24, 2.45) is 53.3 Å². The summed E-state index contributed by atoms with van der Waals surface area (Å²) >= 11 is 0. The Morgan fingerprint density at radius 3 is 1.52 bits per heavy atom. The molecule has 5 atom stereocenters. The van der Waals surface area contributed by atoms with Crippen LogP contribution in [0.2, 0.25) is 0 Å². The lowest BCUT2D eigenvalue weighted by atomic mass is 9.57. The van der Waals surface area contributed by atoms with Crippen LogP contribution in [-0.4, -0.2) is 0 Å². The van der Waals surface area contributed by atoms with Crippen LogP contribution in [0.15, 0.2) is 0 Å². The highest BCUT2D eigenvalue weighted by molar-refractivity contribution is 4.91. The molecule has 0 aromatic rings. The van der Waals surface area contributed by atoms with Crippen LogP contribution >= 0.6 is 0 Å². The first kappa shape index (κ1) is 17.8. The second kappa shape index (κ2) is 7.49. The highest BCUT2D eigenvalue weighted by Crippen LogP contribution is 2.51. The van der Waals surface area contributed by atoms with Gasteiger partial charge in [-0.05, 0) is 91.8 Å². The summed E-state index contributed by atoms with van der Waals surface area (Å²) in [4.78, 5) is 0. The number of hydrogen-bond donors (Lipinski definition) is 0. The van der Waals surface area contributed by atoms with Crippen LogP contribution in [0.4, 0.5) is 0 Å². The molecule has 0 N–H and O–H groups in total. The molecule has 0 heterocycles. The molecule has 0 amide bonds. The van der Waals surface area contributed by atoms with Crippen molar-refractivity contribution in [3.8, 4) is 0 Å². The summed E-state index contributed by atoms with van der Waals surface area (Å²) < 4.78 is 0. The van der Waals surface area contributed by atoms with Crippen LogP contribution in [0, 0.1) is 53.3 Å². The van der Waals surface area contributed by atoms with Gasteiger partial charge >= 0.3 is 0 Å². The molecule has 5 unspecified atom stereocenters. The fourth-order valence-corrected chi connectivity index (χ4v) is 6.94. The molecular weight excluding hydrogens is 276 g/mol. The molecule has 3 saturated carbocycles. The van der Waals surface area contributed by atoms with E-state index in [9.17, 15) is 0 Å². The van der Waals surface area contributed by atoms with Crippen molar-refractivity contribution in [1.29, 1.82) is 0 Å². The Morgan fingerprint density at radius 2 is 0.957 bits per heavy atom. The maximum atomic E-state index is 2.61. The first-order valence-electron chi connectivity index (χ1n) is 11.0. The second-order valence-electron chi connectivity index (χ2n) is 10.3. The third-order valence-electron chi connectivity index (χ3n) is 8.57. The number of hydrogen-bond acceptors (Lipinski definition) is 0. The van der Waals surface area contributed by atoms with E-state index in [1.54, 1.807) is 12.8 Å². The summed E-state index contributed by atoms with van der Waals surface area (Å²) in [5.41, 5.74) is 0. The molecule has 3 aliphatic rings. The molecule has 0 spiro atoms. The van der Waals surface area contributed by atoms with Gasteiger partial charge in [-0.15, -0.1) is 0 Å². The minimum absolute atomic E-state index is 0.964. The van der Waals surface area contributed by atoms with Gasteiger partial charge in [0.15, 0.2) is 0 Å². The van der Waals surface area contributed by atoms with Gasteiger partial charge in [0.1, 0.15) is 0 Å². The first-order chi connectivity index (χ1) is 11.0. The van der Waals surface area contributed by atoms with Crippen molar-refractivity contribution in [3.05, 3.63) is 0 Å². The fraction of sp³-hybridized carbons (Fsp3) is 1.00. The molecule has 3 rings (SSSR count). The number of rotatable bonds is 2. The van der Waals surface area contributed by atoms with E-state index in [2.05, 4.69) is 34.6 Å². The van der Waals surface area contributed by atoms with Gasteiger partial charge in [-0.1, -0.05) is 53.9 Å². The minimum atomic E-state index is 0.964. The molecule has 0 aliphatic heterocycles. The van der Waals surface area contributed by atoms with Crippen molar-refractivity contribution in [2.75, 3.05) is 0 Å². The summed E-state index contributed by atoms with van der Waals surface area (Å²) in [5, 5.41) is 0. The zero-order valence-electron chi connectivity index (χ0n) is 16.6. The molecular formula is C23H42. The lowest BCUT2D eigenvalue weighted by Crippen LogP contribution is -2.40. The molecule has 0 bridgehead atoms. The Hall–Kier alpha value is 0. The molecule has 23 heavy (non-hydrogen) atoms. The van der Waals surface area contributed by atoms with Crippen LogP contribution < -0.4 is 0 Å². The fourth-order valence-electron chi connectivity index (χ4n) is 6.94. The average molecular weight is 319 g/mol. The van der Waals surface area contributed by atoms with Crippen LogP contribution in [0.5, 0.6) is 0 Å². The third-order valence-corrected chi connectivity index (χ3v) is 8.57. The van der Waals surface area contributed by atoms with Gasteiger partial charge < -0.3 is 0 Å². The predicted octanol–water partition coefficient (Wildman–Crippen LogP) is 7.18. The van der Waals surface area contributed by atoms with E-state index in [4.69, 9.17) is 0 Å². The molecule has 0 saturated heterocycles. The summed E-state index contributed by atoms with van der Waals surface area (Å²) in [7, 11) is 0. The molecule has 0 aromatic carbocycles. The predicted molar refractivity (Wildman–Crippen MR) is 101 cm³/mol. The normalized spacial score (nSPS) is 52.3. The van der Waals surface area contributed by atoms with Crippen molar-refractivity contribution in [3.63, 3.8) is 0 Å². The van der Waals surface area contributed by atoms with Crippen molar-refractivity contribution in [1.82, 2.24) is 0 Å². The van der Waals surface area contributed by atoms with Crippen LogP contribution in [-0.2, 0) is 0 Å². The molecule has 3 fully saturated rings. The Balaban J connectivity index is 1.59. The molecule has 0 heteroatoms. The second-order valence-corrected chi connectivity index (χ2v) is 10.3. The SMILES string of the molecule is CC1CCC(C2CC(C)C(C3CCC(C)C(C)C3)C(C)C2)CC1. The van der Waals surface area contributed by atoms with Gasteiger partial charge in [0, 0.05) is 0 Å². The topological polar surface area (TPSA) is 0 Å². The van der Waals surface area contributed by atoms with Gasteiger partial charge in [0.05, 0.1) is 0 Å². The van der Waals surface area contributed by atoms with Gasteiger partial charge in [0.2, 0.25) is 0 Å². The highest BCUT2D eigenvalue weighted by Gasteiger charge is 2.42. The monoisotopic (exact) mass is 318 g/mol. The quantitative estimate of drug-likeness (QED) is 0.505. The van der Waals surface area contributed by atoms with Crippen molar-refractivity contribution >= 4 is 0 Å². The van der Waals surface area contributed by atoms with E-state index in [0.29, 0.717) is 0 Å². The van der Waals surface area contributed by atoms with E-state index in [0.717, 1.165) is 53.3 Å². The van der Waals surface area contributed by atoms with Crippen LogP contribution in [0.3, 0.4) is 0 Å². The Bertz CT molecular complexity index is 352. The lowest BCUT2D eigenvalue weighted by molar-refractivity contribution is 0.0139. The van der Waals surface area contributed by atoms with Gasteiger partial charge in [0.25, 0.3) is 0 Å². The lowest BCUT2D eigenvalue weighted by Gasteiger charge is -2.48. The Labute approximate surface area is 146 Å². The van der Waals surface area contributed by atoms with Crippen molar-refractivity contribution in [2.45, 2.75) is 92.4 Å². The zero-order valence-corrected chi connectivity index (χ0v) is 16.6. The average Bonchev–Trinajstić information content (AvgIpc) is 2.51. The van der Waals surface area contributed by atoms with Crippen LogP contribution in [0.25, 0.3) is 0 Å². The van der Waals surface area contributed by atoms with E-state index >= 15 is 0 Å². The summed E-state index contributed by atoms with van der Waals surface area (Å²) in [6.45, 7) is 12.7. The summed E-state index contributed by atoms with van der Waals surface area (Å²) in [6.07, 6.45) is 13.7. The maximum absolute atomic E-state index is 2.61. The third kappa shape index (κ3) is 3.98. The molecule has 3 aliphatic carbocycles. The van der Waals surface area contributed by atoms with Gasteiger partial charge in [-0.3, -0.25) is 0 Å². The maximum Gasteiger partial charge on any atom is -0.0334 e. The minimum Gasteiger partial charge on any atom is -0.0625 e. The Kier molecular flexibility index (Phi) is 5.80. The highest BCUT2D eigenvalue weighted by atomic mass is 14.5. The van der Waals surface area contributed by atoms with Gasteiger partial charge in [-0.25, -0.2) is 0 Å². The van der Waals surface area contributed by atoms with Gasteiger partial charge in [-0.2, -0.15) is 0 Å². The first-order valence-corrected chi connectivity index (χ1v) is 11.0. The van der Waals surface area contributed by atoms with E-state index in [1.807, 2.05) is 0 Å². The molecule has 0 nitrogen and oxygen atoms in total. The Morgan fingerprint density at radius 1 is 0.435 bits per heavy atom.